The Morgan fingerprint density at radius 2 is 1.85 bits per heavy atom. The van der Waals surface area contributed by atoms with E-state index < -0.39 is 0 Å². The lowest BCUT2D eigenvalue weighted by molar-refractivity contribution is 0.00578. The Morgan fingerprint density at radius 3 is 2.40 bits per heavy atom. The quantitative estimate of drug-likeness (QED) is 0.861. The van der Waals surface area contributed by atoms with Crippen molar-refractivity contribution in [2.75, 3.05) is 0 Å². The SMILES string of the molecule is Cc1ncc(CO)cc1/C=C/B1OC(C)(C)C(C)(C)O1. The lowest BCUT2D eigenvalue weighted by Gasteiger charge is -2.32. The minimum absolute atomic E-state index is 0.00931. The molecule has 1 aliphatic heterocycles. The van der Waals surface area contributed by atoms with Crippen LogP contribution in [0.5, 0.6) is 0 Å². The van der Waals surface area contributed by atoms with Crippen molar-refractivity contribution in [3.63, 3.8) is 0 Å². The minimum Gasteiger partial charge on any atom is -0.400 e. The van der Waals surface area contributed by atoms with Gasteiger partial charge < -0.3 is 14.4 Å². The monoisotopic (exact) mass is 275 g/mol. The summed E-state index contributed by atoms with van der Waals surface area (Å²) < 4.78 is 11.8. The van der Waals surface area contributed by atoms with Crippen LogP contribution in [0, 0.1) is 6.92 Å². The molecule has 0 aromatic carbocycles. The van der Waals surface area contributed by atoms with Crippen LogP contribution in [0.4, 0.5) is 0 Å². The van der Waals surface area contributed by atoms with Crippen LogP contribution in [0.2, 0.25) is 0 Å². The average molecular weight is 275 g/mol. The molecule has 0 aliphatic carbocycles. The third-order valence-electron chi connectivity index (χ3n) is 4.07. The zero-order chi connectivity index (χ0) is 15.0. The molecule has 0 bridgehead atoms. The first kappa shape index (κ1) is 15.2. The van der Waals surface area contributed by atoms with E-state index in [2.05, 4.69) is 4.98 Å². The van der Waals surface area contributed by atoms with Crippen molar-refractivity contribution in [1.82, 2.24) is 4.98 Å². The van der Waals surface area contributed by atoms with Crippen LogP contribution < -0.4 is 0 Å². The number of aliphatic hydroxyl groups is 1. The average Bonchev–Trinajstić information content (AvgIpc) is 2.57. The highest BCUT2D eigenvalue weighted by Gasteiger charge is 2.49. The zero-order valence-corrected chi connectivity index (χ0v) is 12.8. The van der Waals surface area contributed by atoms with Gasteiger partial charge in [-0.05, 0) is 51.8 Å². The molecule has 0 spiro atoms. The van der Waals surface area contributed by atoms with E-state index in [1.807, 2.05) is 52.7 Å². The molecule has 0 radical (unpaired) electrons. The molecule has 1 aromatic heterocycles. The molecule has 5 heteroatoms. The second-order valence-corrected chi connectivity index (χ2v) is 6.16. The molecule has 108 valence electrons. The van der Waals surface area contributed by atoms with E-state index in [0.29, 0.717) is 0 Å². The fraction of sp³-hybridized carbons (Fsp3) is 0.533. The second kappa shape index (κ2) is 5.32. The predicted molar refractivity (Wildman–Crippen MR) is 80.0 cm³/mol. The maximum atomic E-state index is 9.16. The van der Waals surface area contributed by atoms with Crippen molar-refractivity contribution in [2.45, 2.75) is 52.4 Å². The summed E-state index contributed by atoms with van der Waals surface area (Å²) in [7, 11) is -0.364. The van der Waals surface area contributed by atoms with Gasteiger partial charge in [0.25, 0.3) is 0 Å². The largest absolute Gasteiger partial charge is 0.487 e. The third-order valence-corrected chi connectivity index (χ3v) is 4.07. The van der Waals surface area contributed by atoms with Gasteiger partial charge in [-0.1, -0.05) is 12.1 Å². The molecular formula is C15H22BNO3. The van der Waals surface area contributed by atoms with Crippen molar-refractivity contribution >= 4 is 13.2 Å². The second-order valence-electron chi connectivity index (χ2n) is 6.16. The van der Waals surface area contributed by atoms with Crippen LogP contribution in [0.25, 0.3) is 6.08 Å². The van der Waals surface area contributed by atoms with E-state index in [-0.39, 0.29) is 24.9 Å². The number of aromatic nitrogens is 1. The smallest absolute Gasteiger partial charge is 0.400 e. The Hall–Kier alpha value is -1.17. The fourth-order valence-electron chi connectivity index (χ4n) is 2.00. The number of aliphatic hydroxyl groups excluding tert-OH is 1. The standard InChI is InChI=1S/C15H22BNO3/c1-11-13(8-12(10-18)9-17-11)6-7-16-19-14(2,3)15(4,5)20-16/h6-9,18H,10H2,1-5H3/b7-6+. The van der Waals surface area contributed by atoms with Crippen LogP contribution in [0.1, 0.15) is 44.5 Å². The fourth-order valence-corrected chi connectivity index (χ4v) is 2.00. The highest BCUT2D eigenvalue weighted by molar-refractivity contribution is 6.52. The highest BCUT2D eigenvalue weighted by Crippen LogP contribution is 2.37. The highest BCUT2D eigenvalue weighted by atomic mass is 16.7. The normalized spacial score (nSPS) is 20.8. The maximum absolute atomic E-state index is 9.16. The maximum Gasteiger partial charge on any atom is 0.487 e. The molecule has 1 saturated heterocycles. The molecule has 1 fully saturated rings. The minimum atomic E-state index is -0.364. The summed E-state index contributed by atoms with van der Waals surface area (Å²) >= 11 is 0. The van der Waals surface area contributed by atoms with E-state index >= 15 is 0 Å². The Kier molecular flexibility index (Phi) is 4.05. The molecule has 0 atom stereocenters. The molecule has 0 unspecified atom stereocenters. The lowest BCUT2D eigenvalue weighted by Crippen LogP contribution is -2.41. The van der Waals surface area contributed by atoms with Gasteiger partial charge in [-0.25, -0.2) is 0 Å². The first-order valence-corrected chi connectivity index (χ1v) is 6.85. The van der Waals surface area contributed by atoms with Gasteiger partial charge in [0, 0.05) is 11.9 Å². The zero-order valence-electron chi connectivity index (χ0n) is 12.8. The third kappa shape index (κ3) is 2.95. The number of pyridine rings is 1. The van der Waals surface area contributed by atoms with E-state index in [1.165, 1.54) is 0 Å². The topological polar surface area (TPSA) is 51.6 Å². The van der Waals surface area contributed by atoms with Gasteiger partial charge in [0.2, 0.25) is 0 Å². The van der Waals surface area contributed by atoms with Crippen molar-refractivity contribution in [3.8, 4) is 0 Å². The van der Waals surface area contributed by atoms with E-state index in [1.54, 1.807) is 6.20 Å². The first-order valence-electron chi connectivity index (χ1n) is 6.85. The number of hydrogen-bond acceptors (Lipinski definition) is 4. The molecule has 0 saturated carbocycles. The van der Waals surface area contributed by atoms with Crippen LogP contribution in [-0.4, -0.2) is 28.4 Å². The van der Waals surface area contributed by atoms with E-state index in [4.69, 9.17) is 14.4 Å². The molecule has 4 nitrogen and oxygen atoms in total. The van der Waals surface area contributed by atoms with E-state index in [0.717, 1.165) is 16.8 Å². The molecule has 20 heavy (non-hydrogen) atoms. The summed E-state index contributed by atoms with van der Waals surface area (Å²) in [6.45, 7) is 10.0. The molecule has 1 N–H and O–H groups in total. The summed E-state index contributed by atoms with van der Waals surface area (Å²) in [5.74, 6) is 1.89. The van der Waals surface area contributed by atoms with Crippen LogP contribution in [0.3, 0.4) is 0 Å². The lowest BCUT2D eigenvalue weighted by atomic mass is 9.89. The van der Waals surface area contributed by atoms with Gasteiger partial charge in [-0.3, -0.25) is 4.98 Å². The summed E-state index contributed by atoms with van der Waals surface area (Å²) in [5.41, 5.74) is 2.01. The van der Waals surface area contributed by atoms with Crippen molar-refractivity contribution in [1.29, 1.82) is 0 Å². The van der Waals surface area contributed by atoms with Gasteiger partial charge in [-0.15, -0.1) is 0 Å². The van der Waals surface area contributed by atoms with Gasteiger partial charge in [0.15, 0.2) is 0 Å². The number of aryl methyl sites for hydroxylation is 1. The van der Waals surface area contributed by atoms with Gasteiger partial charge in [0.1, 0.15) is 0 Å². The number of nitrogens with zero attached hydrogens (tertiary/aromatic N) is 1. The molecule has 2 heterocycles. The number of hydrogen-bond donors (Lipinski definition) is 1. The van der Waals surface area contributed by atoms with Gasteiger partial charge in [-0.2, -0.15) is 0 Å². The van der Waals surface area contributed by atoms with Crippen molar-refractivity contribution in [3.05, 3.63) is 35.1 Å². The summed E-state index contributed by atoms with van der Waals surface area (Å²) in [6.07, 6.45) is 3.62. The van der Waals surface area contributed by atoms with Gasteiger partial charge in [0.05, 0.1) is 17.8 Å². The molecule has 1 aliphatic rings. The van der Waals surface area contributed by atoms with Crippen LogP contribution in [0.15, 0.2) is 18.2 Å². The predicted octanol–water partition coefficient (Wildman–Crippen LogP) is 2.53. The Bertz CT molecular complexity index is 510. The Balaban J connectivity index is 2.15. The number of rotatable bonds is 3. The first-order chi connectivity index (χ1) is 9.25. The van der Waals surface area contributed by atoms with Crippen molar-refractivity contribution < 1.29 is 14.4 Å². The van der Waals surface area contributed by atoms with Crippen LogP contribution >= 0.6 is 0 Å². The molecule has 2 rings (SSSR count). The van der Waals surface area contributed by atoms with Gasteiger partial charge >= 0.3 is 7.12 Å². The summed E-state index contributed by atoms with van der Waals surface area (Å²) in [4.78, 5) is 4.26. The summed E-state index contributed by atoms with van der Waals surface area (Å²) in [6, 6.07) is 1.92. The van der Waals surface area contributed by atoms with Crippen molar-refractivity contribution in [2.24, 2.45) is 0 Å². The molecular weight excluding hydrogens is 253 g/mol. The van der Waals surface area contributed by atoms with Crippen LogP contribution in [-0.2, 0) is 15.9 Å². The molecule has 0 amide bonds. The summed E-state index contributed by atoms with van der Waals surface area (Å²) in [5, 5.41) is 9.16. The Labute approximate surface area is 121 Å². The van der Waals surface area contributed by atoms with E-state index in [9.17, 15) is 0 Å². The Morgan fingerprint density at radius 1 is 1.25 bits per heavy atom. The molecule has 1 aromatic rings.